The summed E-state index contributed by atoms with van der Waals surface area (Å²) in [6.45, 7) is 2.65. The van der Waals surface area contributed by atoms with Crippen LogP contribution in [0.5, 0.6) is 11.5 Å². The lowest BCUT2D eigenvalue weighted by Gasteiger charge is -2.36. The first-order chi connectivity index (χ1) is 11.2. The third-order valence-corrected chi connectivity index (χ3v) is 3.87. The second-order valence-electron chi connectivity index (χ2n) is 5.11. The van der Waals surface area contributed by atoms with Gasteiger partial charge in [0.2, 0.25) is 0 Å². The molecule has 1 amide bonds. The Morgan fingerprint density at radius 3 is 2.35 bits per heavy atom. The van der Waals surface area contributed by atoms with Crippen molar-refractivity contribution in [2.45, 2.75) is 0 Å². The van der Waals surface area contributed by atoms with Crippen LogP contribution in [0.1, 0.15) is 0 Å². The van der Waals surface area contributed by atoms with Gasteiger partial charge in [0.15, 0.2) is 0 Å². The van der Waals surface area contributed by atoms with E-state index >= 15 is 0 Å². The van der Waals surface area contributed by atoms with Gasteiger partial charge < -0.3 is 19.3 Å². The maximum Gasteiger partial charge on any atom is 0.362 e. The zero-order valence-electron chi connectivity index (χ0n) is 13.2. The number of anilines is 1. The molecule has 8 nitrogen and oxygen atoms in total. The van der Waals surface area contributed by atoms with Gasteiger partial charge in [0.1, 0.15) is 11.5 Å². The molecule has 1 aromatic carbocycles. The topological polar surface area (TPSA) is 72.7 Å². The summed E-state index contributed by atoms with van der Waals surface area (Å²) in [4.78, 5) is 17.3. The number of aromatic nitrogens is 3. The maximum atomic E-state index is 12.2. The Morgan fingerprint density at radius 1 is 1.04 bits per heavy atom. The summed E-state index contributed by atoms with van der Waals surface area (Å²) in [5.74, 6) is 1.52. The lowest BCUT2D eigenvalue weighted by atomic mass is 10.2. The standard InChI is InChI=1S/C15H19N5O3/c1-22-12-3-4-13(14(11-12)23-2)18-7-9-19(10-8-18)15(21)20-16-5-6-17-20/h3-6,11H,7-10H2,1-2H3. The number of ether oxygens (including phenoxy) is 2. The number of nitrogens with zero attached hydrogens (tertiary/aromatic N) is 5. The number of amides is 1. The molecule has 0 bridgehead atoms. The highest BCUT2D eigenvalue weighted by Crippen LogP contribution is 2.32. The van der Waals surface area contributed by atoms with Gasteiger partial charge in [-0.1, -0.05) is 4.80 Å². The molecule has 0 atom stereocenters. The molecule has 3 rings (SSSR count). The van der Waals surface area contributed by atoms with Crippen LogP contribution in [0, 0.1) is 0 Å². The van der Waals surface area contributed by atoms with Gasteiger partial charge in [-0.05, 0) is 12.1 Å². The number of hydrogen-bond acceptors (Lipinski definition) is 6. The second kappa shape index (κ2) is 6.55. The Balaban J connectivity index is 1.68. The molecule has 0 unspecified atom stereocenters. The lowest BCUT2D eigenvalue weighted by Crippen LogP contribution is -2.50. The molecule has 8 heteroatoms. The Kier molecular flexibility index (Phi) is 4.31. The monoisotopic (exact) mass is 317 g/mol. The highest BCUT2D eigenvalue weighted by molar-refractivity contribution is 5.75. The largest absolute Gasteiger partial charge is 0.497 e. The van der Waals surface area contributed by atoms with Crippen molar-refractivity contribution in [3.05, 3.63) is 30.6 Å². The van der Waals surface area contributed by atoms with Gasteiger partial charge in [-0.15, -0.1) is 0 Å². The molecule has 1 aliphatic heterocycles. The molecule has 0 spiro atoms. The van der Waals surface area contributed by atoms with Crippen LogP contribution in [0.3, 0.4) is 0 Å². The van der Waals surface area contributed by atoms with Crippen LogP contribution in [0.15, 0.2) is 30.6 Å². The number of piperazine rings is 1. The molecular formula is C15H19N5O3. The highest BCUT2D eigenvalue weighted by Gasteiger charge is 2.24. The van der Waals surface area contributed by atoms with Gasteiger partial charge in [-0.25, -0.2) is 4.79 Å². The van der Waals surface area contributed by atoms with Crippen molar-refractivity contribution in [2.24, 2.45) is 0 Å². The smallest absolute Gasteiger partial charge is 0.362 e. The summed E-state index contributed by atoms with van der Waals surface area (Å²) in [6, 6.07) is 5.55. The van der Waals surface area contributed by atoms with Crippen LogP contribution in [0.25, 0.3) is 0 Å². The van der Waals surface area contributed by atoms with E-state index in [1.807, 2.05) is 18.2 Å². The third-order valence-electron chi connectivity index (χ3n) is 3.87. The lowest BCUT2D eigenvalue weighted by molar-refractivity contribution is 0.188. The number of hydrogen-bond donors (Lipinski definition) is 0. The molecule has 23 heavy (non-hydrogen) atoms. The molecular weight excluding hydrogens is 298 g/mol. The first-order valence-electron chi connectivity index (χ1n) is 7.35. The minimum Gasteiger partial charge on any atom is -0.497 e. The van der Waals surface area contributed by atoms with Gasteiger partial charge in [0, 0.05) is 32.2 Å². The van der Waals surface area contributed by atoms with Crippen molar-refractivity contribution in [3.63, 3.8) is 0 Å². The number of carbonyl (C=O) groups is 1. The van der Waals surface area contributed by atoms with Crippen LogP contribution in [0.4, 0.5) is 10.5 Å². The minimum atomic E-state index is -0.198. The average molecular weight is 317 g/mol. The van der Waals surface area contributed by atoms with Gasteiger partial charge >= 0.3 is 6.03 Å². The average Bonchev–Trinajstić information content (AvgIpc) is 3.15. The van der Waals surface area contributed by atoms with E-state index in [9.17, 15) is 4.79 Å². The summed E-state index contributed by atoms with van der Waals surface area (Å²) < 4.78 is 10.7. The van der Waals surface area contributed by atoms with E-state index in [2.05, 4.69) is 15.1 Å². The van der Waals surface area contributed by atoms with Crippen molar-refractivity contribution < 1.29 is 14.3 Å². The van der Waals surface area contributed by atoms with Crippen LogP contribution in [-0.2, 0) is 0 Å². The summed E-state index contributed by atoms with van der Waals surface area (Å²) in [7, 11) is 3.27. The second-order valence-corrected chi connectivity index (χ2v) is 5.11. The number of carbonyl (C=O) groups excluding carboxylic acids is 1. The Labute approximate surface area is 134 Å². The van der Waals surface area contributed by atoms with E-state index in [4.69, 9.17) is 9.47 Å². The van der Waals surface area contributed by atoms with E-state index in [1.54, 1.807) is 19.1 Å². The predicted octanol–water partition coefficient (Wildman–Crippen LogP) is 1.09. The molecule has 122 valence electrons. The van der Waals surface area contributed by atoms with E-state index in [0.717, 1.165) is 35.1 Å². The van der Waals surface area contributed by atoms with Gasteiger partial charge in [-0.3, -0.25) is 0 Å². The SMILES string of the molecule is COc1ccc(N2CCN(C(=O)n3nccn3)CC2)c(OC)c1. The molecule has 2 heterocycles. The van der Waals surface area contributed by atoms with Crippen molar-refractivity contribution in [2.75, 3.05) is 45.3 Å². The van der Waals surface area contributed by atoms with Gasteiger partial charge in [0.25, 0.3) is 0 Å². The molecule has 0 aliphatic carbocycles. The summed E-state index contributed by atoms with van der Waals surface area (Å²) in [6.07, 6.45) is 2.99. The molecule has 1 aliphatic rings. The molecule has 0 radical (unpaired) electrons. The van der Waals surface area contributed by atoms with E-state index < -0.39 is 0 Å². The zero-order valence-corrected chi connectivity index (χ0v) is 13.2. The van der Waals surface area contributed by atoms with Crippen LogP contribution >= 0.6 is 0 Å². The van der Waals surface area contributed by atoms with Gasteiger partial charge in [-0.2, -0.15) is 10.2 Å². The molecule has 2 aromatic rings. The molecule has 1 fully saturated rings. The molecule has 1 saturated heterocycles. The van der Waals surface area contributed by atoms with Crippen molar-refractivity contribution in [1.82, 2.24) is 19.9 Å². The number of methoxy groups -OCH3 is 2. The fraction of sp³-hybridized carbons (Fsp3) is 0.400. The third kappa shape index (κ3) is 3.05. The Bertz CT molecular complexity index is 666. The number of benzene rings is 1. The van der Waals surface area contributed by atoms with E-state index in [0.29, 0.717) is 13.1 Å². The molecule has 0 N–H and O–H groups in total. The van der Waals surface area contributed by atoms with Crippen molar-refractivity contribution >= 4 is 11.7 Å². The van der Waals surface area contributed by atoms with Crippen LogP contribution in [0.2, 0.25) is 0 Å². The highest BCUT2D eigenvalue weighted by atomic mass is 16.5. The first-order valence-corrected chi connectivity index (χ1v) is 7.35. The molecule has 0 saturated carbocycles. The zero-order chi connectivity index (χ0) is 16.2. The van der Waals surface area contributed by atoms with E-state index in [-0.39, 0.29) is 6.03 Å². The van der Waals surface area contributed by atoms with Crippen LogP contribution < -0.4 is 14.4 Å². The summed E-state index contributed by atoms with van der Waals surface area (Å²) in [5.41, 5.74) is 0.998. The summed E-state index contributed by atoms with van der Waals surface area (Å²) in [5, 5.41) is 7.76. The van der Waals surface area contributed by atoms with Crippen LogP contribution in [-0.4, -0.2) is 66.3 Å². The summed E-state index contributed by atoms with van der Waals surface area (Å²) >= 11 is 0. The van der Waals surface area contributed by atoms with Gasteiger partial charge in [0.05, 0.1) is 32.3 Å². The quantitative estimate of drug-likeness (QED) is 0.844. The fourth-order valence-electron chi connectivity index (χ4n) is 2.63. The van der Waals surface area contributed by atoms with Crippen molar-refractivity contribution in [1.29, 1.82) is 0 Å². The Hall–Kier alpha value is -2.77. The fourth-order valence-corrected chi connectivity index (χ4v) is 2.63. The first kappa shape index (κ1) is 15.1. The molecule has 1 aromatic heterocycles. The predicted molar refractivity (Wildman–Crippen MR) is 84.1 cm³/mol. The normalized spacial score (nSPS) is 14.7. The van der Waals surface area contributed by atoms with E-state index in [1.165, 1.54) is 12.4 Å². The van der Waals surface area contributed by atoms with Crippen molar-refractivity contribution in [3.8, 4) is 11.5 Å². The Morgan fingerprint density at radius 2 is 1.74 bits per heavy atom. The minimum absolute atomic E-state index is 0.198. The number of rotatable bonds is 3. The maximum absolute atomic E-state index is 12.2.